The van der Waals surface area contributed by atoms with Gasteiger partial charge in [-0.2, -0.15) is 0 Å². The highest BCUT2D eigenvalue weighted by Crippen LogP contribution is 2.19. The van der Waals surface area contributed by atoms with Crippen LogP contribution < -0.4 is 15.2 Å². The molecule has 0 aliphatic carbocycles. The Morgan fingerprint density at radius 1 is 0.769 bits per heavy atom. The van der Waals surface area contributed by atoms with Gasteiger partial charge in [0.05, 0.1) is 32.0 Å². The molecule has 0 atom stereocenters. The summed E-state index contributed by atoms with van der Waals surface area (Å²) in [6.45, 7) is 3.32. The van der Waals surface area contributed by atoms with E-state index in [4.69, 9.17) is 25.4 Å². The number of aliphatic hydroxyl groups excluding tert-OH is 2. The van der Waals surface area contributed by atoms with Gasteiger partial charge in [-0.15, -0.1) is 0 Å². The Bertz CT molecular complexity index is 446. The molecule has 0 unspecified atom stereocenters. The molecule has 0 fully saturated rings. The average molecular weight is 368 g/mol. The first-order valence-electron chi connectivity index (χ1n) is 10.00. The number of aliphatic hydroxyl groups is 2. The second-order valence-corrected chi connectivity index (χ2v) is 7.07. The van der Waals surface area contributed by atoms with Gasteiger partial charge in [-0.25, -0.2) is 0 Å². The molecule has 150 valence electrons. The number of unbranched alkanes of at least 4 members (excludes halogenated alkanes) is 6. The van der Waals surface area contributed by atoms with E-state index in [0.29, 0.717) is 13.0 Å². The van der Waals surface area contributed by atoms with Crippen LogP contribution >= 0.6 is 0 Å². The van der Waals surface area contributed by atoms with E-state index in [-0.39, 0.29) is 13.2 Å². The lowest BCUT2D eigenvalue weighted by molar-refractivity contribution is 0.112. The van der Waals surface area contributed by atoms with Crippen LogP contribution in [0.25, 0.3) is 0 Å². The van der Waals surface area contributed by atoms with Crippen molar-refractivity contribution in [3.63, 3.8) is 0 Å². The molecule has 5 nitrogen and oxygen atoms in total. The first-order chi connectivity index (χ1) is 12.6. The normalized spacial score (nSPS) is 11.5. The summed E-state index contributed by atoms with van der Waals surface area (Å²) in [4.78, 5) is 0. The Morgan fingerprint density at radius 2 is 1.23 bits per heavy atom. The summed E-state index contributed by atoms with van der Waals surface area (Å²) in [6, 6.07) is 7.82. The van der Waals surface area contributed by atoms with Crippen molar-refractivity contribution in [2.45, 2.75) is 70.3 Å². The molecule has 4 N–H and O–H groups in total. The minimum Gasteiger partial charge on any atom is -0.494 e. The fourth-order valence-corrected chi connectivity index (χ4v) is 2.68. The van der Waals surface area contributed by atoms with Crippen molar-refractivity contribution >= 4 is 0 Å². The maximum atomic E-state index is 9.14. The van der Waals surface area contributed by atoms with Crippen LogP contribution in [-0.2, 0) is 0 Å². The number of benzene rings is 1. The van der Waals surface area contributed by atoms with Crippen molar-refractivity contribution in [2.75, 3.05) is 26.4 Å². The predicted octanol–water partition coefficient (Wildman–Crippen LogP) is 3.66. The van der Waals surface area contributed by atoms with Gasteiger partial charge in [0, 0.05) is 0 Å². The summed E-state index contributed by atoms with van der Waals surface area (Å²) in [5.74, 6) is 1.76. The minimum atomic E-state index is -0.837. The molecular formula is C21H37NO4. The molecule has 1 aromatic rings. The van der Waals surface area contributed by atoms with E-state index < -0.39 is 5.54 Å². The number of nitrogens with two attached hydrogens (primary N) is 1. The van der Waals surface area contributed by atoms with Crippen molar-refractivity contribution < 1.29 is 19.7 Å². The predicted molar refractivity (Wildman–Crippen MR) is 106 cm³/mol. The van der Waals surface area contributed by atoms with Crippen LogP contribution in [0.15, 0.2) is 24.3 Å². The van der Waals surface area contributed by atoms with Gasteiger partial charge in [0.1, 0.15) is 11.5 Å². The molecule has 0 radical (unpaired) electrons. The van der Waals surface area contributed by atoms with Crippen LogP contribution in [0.5, 0.6) is 11.5 Å². The Labute approximate surface area is 158 Å². The summed E-state index contributed by atoms with van der Waals surface area (Å²) in [5.41, 5.74) is 5.01. The van der Waals surface area contributed by atoms with E-state index in [1.807, 2.05) is 24.3 Å². The topological polar surface area (TPSA) is 84.9 Å². The first-order valence-corrected chi connectivity index (χ1v) is 10.00. The molecule has 0 saturated carbocycles. The van der Waals surface area contributed by atoms with Crippen LogP contribution in [-0.4, -0.2) is 42.2 Å². The monoisotopic (exact) mass is 367 g/mol. The second-order valence-electron chi connectivity index (χ2n) is 7.07. The second kappa shape index (κ2) is 13.8. The van der Waals surface area contributed by atoms with E-state index in [1.165, 1.54) is 19.3 Å². The molecule has 0 heterocycles. The van der Waals surface area contributed by atoms with Gasteiger partial charge >= 0.3 is 0 Å². The minimum absolute atomic E-state index is 0.176. The zero-order chi connectivity index (χ0) is 19.1. The fourth-order valence-electron chi connectivity index (χ4n) is 2.68. The van der Waals surface area contributed by atoms with Crippen molar-refractivity contribution in [2.24, 2.45) is 5.73 Å². The third-order valence-electron chi connectivity index (χ3n) is 4.56. The average Bonchev–Trinajstić information content (AvgIpc) is 2.68. The summed E-state index contributed by atoms with van der Waals surface area (Å²) in [7, 11) is 0. The van der Waals surface area contributed by atoms with Gasteiger partial charge in [-0.3, -0.25) is 0 Å². The first kappa shape index (κ1) is 22.7. The lowest BCUT2D eigenvalue weighted by atomic mass is 9.95. The third-order valence-corrected chi connectivity index (χ3v) is 4.56. The fraction of sp³-hybridized carbons (Fsp3) is 0.714. The van der Waals surface area contributed by atoms with Crippen molar-refractivity contribution in [1.29, 1.82) is 0 Å². The summed E-state index contributed by atoms with van der Waals surface area (Å²) in [6.07, 6.45) is 9.43. The van der Waals surface area contributed by atoms with E-state index in [2.05, 4.69) is 6.92 Å². The van der Waals surface area contributed by atoms with Gasteiger partial charge in [0.2, 0.25) is 0 Å². The number of rotatable bonds is 16. The van der Waals surface area contributed by atoms with E-state index >= 15 is 0 Å². The molecule has 1 aromatic carbocycles. The van der Waals surface area contributed by atoms with E-state index in [1.54, 1.807) is 0 Å². The summed E-state index contributed by atoms with van der Waals surface area (Å²) >= 11 is 0. The van der Waals surface area contributed by atoms with Gasteiger partial charge < -0.3 is 25.4 Å². The largest absolute Gasteiger partial charge is 0.494 e. The number of ether oxygens (including phenoxy) is 2. The molecule has 5 heteroatoms. The Hall–Kier alpha value is -1.30. The Kier molecular flexibility index (Phi) is 12.1. The molecule has 1 rings (SSSR count). The molecule has 0 aromatic heterocycles. The highest BCUT2D eigenvalue weighted by atomic mass is 16.5. The lowest BCUT2D eigenvalue weighted by Crippen LogP contribution is -2.47. The SMILES string of the molecule is CCCCCCOc1ccc(OCCCCCCC(N)(CO)CO)cc1. The van der Waals surface area contributed by atoms with Crippen molar-refractivity contribution in [3.05, 3.63) is 24.3 Å². The molecule has 0 amide bonds. The molecule has 0 saturated heterocycles. The van der Waals surface area contributed by atoms with E-state index in [0.717, 1.165) is 50.2 Å². The standard InChI is InChI=1S/C21H37NO4/c1-2-3-4-8-15-25-19-10-12-20(13-11-19)26-16-9-6-5-7-14-21(22,17-23)18-24/h10-13,23-24H,2-9,14-18,22H2,1H3. The van der Waals surface area contributed by atoms with Crippen molar-refractivity contribution in [1.82, 2.24) is 0 Å². The van der Waals surface area contributed by atoms with Gasteiger partial charge in [0.15, 0.2) is 0 Å². The van der Waals surface area contributed by atoms with Crippen LogP contribution in [0.1, 0.15) is 64.7 Å². The van der Waals surface area contributed by atoms with Crippen molar-refractivity contribution in [3.8, 4) is 11.5 Å². The smallest absolute Gasteiger partial charge is 0.119 e. The van der Waals surface area contributed by atoms with Crippen LogP contribution in [0.3, 0.4) is 0 Å². The Balaban J connectivity index is 2.07. The molecular weight excluding hydrogens is 330 g/mol. The maximum Gasteiger partial charge on any atom is 0.119 e. The highest BCUT2D eigenvalue weighted by molar-refractivity contribution is 5.31. The number of hydrogen-bond donors (Lipinski definition) is 3. The Morgan fingerprint density at radius 3 is 1.69 bits per heavy atom. The zero-order valence-electron chi connectivity index (χ0n) is 16.3. The summed E-state index contributed by atoms with van der Waals surface area (Å²) in [5, 5.41) is 18.3. The molecule has 0 aliphatic rings. The van der Waals surface area contributed by atoms with Crippen LogP contribution in [0, 0.1) is 0 Å². The maximum absolute atomic E-state index is 9.14. The third kappa shape index (κ3) is 10.00. The molecule has 0 bridgehead atoms. The zero-order valence-corrected chi connectivity index (χ0v) is 16.3. The molecule has 0 aliphatic heterocycles. The van der Waals surface area contributed by atoms with Gasteiger partial charge in [0.25, 0.3) is 0 Å². The molecule has 26 heavy (non-hydrogen) atoms. The van der Waals surface area contributed by atoms with Gasteiger partial charge in [-0.05, 0) is 43.5 Å². The van der Waals surface area contributed by atoms with Crippen LogP contribution in [0.2, 0.25) is 0 Å². The summed E-state index contributed by atoms with van der Waals surface area (Å²) < 4.78 is 11.5. The van der Waals surface area contributed by atoms with Gasteiger partial charge in [-0.1, -0.05) is 45.4 Å². The van der Waals surface area contributed by atoms with Crippen LogP contribution in [0.4, 0.5) is 0 Å². The lowest BCUT2D eigenvalue weighted by Gasteiger charge is -2.24. The number of hydrogen-bond acceptors (Lipinski definition) is 5. The van der Waals surface area contributed by atoms with E-state index in [9.17, 15) is 0 Å². The molecule has 0 spiro atoms. The highest BCUT2D eigenvalue weighted by Gasteiger charge is 2.21. The quantitative estimate of drug-likeness (QED) is 0.388.